The summed E-state index contributed by atoms with van der Waals surface area (Å²) in [5, 5.41) is 10.7. The molecule has 0 saturated carbocycles. The predicted molar refractivity (Wildman–Crippen MR) is 114 cm³/mol. The van der Waals surface area contributed by atoms with Crippen molar-refractivity contribution in [2.24, 2.45) is 0 Å². The van der Waals surface area contributed by atoms with Crippen molar-refractivity contribution in [1.82, 2.24) is 0 Å². The van der Waals surface area contributed by atoms with Crippen LogP contribution in [0.1, 0.15) is 15.9 Å². The molecular weight excluding hydrogens is 462 g/mol. The lowest BCUT2D eigenvalue weighted by molar-refractivity contribution is -0.384. The molecule has 0 unspecified atom stereocenters. The molecule has 170 valence electrons. The zero-order valence-electron chi connectivity index (χ0n) is 17.0. The van der Waals surface area contributed by atoms with Gasteiger partial charge in [0.15, 0.2) is 0 Å². The van der Waals surface area contributed by atoms with Gasteiger partial charge < -0.3 is 9.47 Å². The molecule has 3 rings (SSSR count). The van der Waals surface area contributed by atoms with Crippen LogP contribution in [0.25, 0.3) is 0 Å². The zero-order valence-corrected chi connectivity index (χ0v) is 17.7. The van der Waals surface area contributed by atoms with Crippen LogP contribution in [0, 0.1) is 21.7 Å². The molecule has 0 saturated heterocycles. The summed E-state index contributed by atoms with van der Waals surface area (Å²) in [6.07, 6.45) is -1.01. The largest absolute Gasteiger partial charge is 0.465 e. The highest BCUT2D eigenvalue weighted by molar-refractivity contribution is 6.33. The highest BCUT2D eigenvalue weighted by Crippen LogP contribution is 2.30. The average Bonchev–Trinajstić information content (AvgIpc) is 2.78. The van der Waals surface area contributed by atoms with Crippen LogP contribution in [0.2, 0.25) is 5.02 Å². The minimum atomic E-state index is -1.01. The molecule has 0 heterocycles. The van der Waals surface area contributed by atoms with Crippen molar-refractivity contribution >= 4 is 35.0 Å². The van der Waals surface area contributed by atoms with E-state index < -0.39 is 28.6 Å². The molecule has 3 aromatic rings. The highest BCUT2D eigenvalue weighted by Gasteiger charge is 2.23. The molecule has 0 spiro atoms. The van der Waals surface area contributed by atoms with Crippen LogP contribution in [-0.2, 0) is 11.3 Å². The Morgan fingerprint density at radius 1 is 1.06 bits per heavy atom. The van der Waals surface area contributed by atoms with E-state index in [1.54, 1.807) is 0 Å². The van der Waals surface area contributed by atoms with Crippen LogP contribution in [0.4, 0.5) is 25.0 Å². The van der Waals surface area contributed by atoms with Gasteiger partial charge in [-0.15, -0.1) is 0 Å². The summed E-state index contributed by atoms with van der Waals surface area (Å²) in [4.78, 5) is 35.7. The molecule has 0 aliphatic heterocycles. The van der Waals surface area contributed by atoms with Gasteiger partial charge in [-0.2, -0.15) is 0 Å². The maximum absolute atomic E-state index is 14.7. The van der Waals surface area contributed by atoms with E-state index in [4.69, 9.17) is 16.3 Å². The summed E-state index contributed by atoms with van der Waals surface area (Å²) < 4.78 is 38.0. The second kappa shape index (κ2) is 10.0. The number of rotatable bonds is 6. The monoisotopic (exact) mass is 476 g/mol. The molecule has 11 heteroatoms. The second-order valence-corrected chi connectivity index (χ2v) is 7.01. The molecule has 0 fully saturated rings. The Bertz CT molecular complexity index is 1220. The van der Waals surface area contributed by atoms with E-state index in [0.29, 0.717) is 0 Å². The van der Waals surface area contributed by atoms with E-state index in [2.05, 4.69) is 4.74 Å². The smallest absolute Gasteiger partial charge is 0.420 e. The molecule has 1 amide bonds. The van der Waals surface area contributed by atoms with Crippen molar-refractivity contribution in [3.8, 4) is 5.75 Å². The van der Waals surface area contributed by atoms with Gasteiger partial charge in [0.2, 0.25) is 0 Å². The van der Waals surface area contributed by atoms with E-state index in [0.717, 1.165) is 42.3 Å². The lowest BCUT2D eigenvalue weighted by Gasteiger charge is -2.23. The number of hydrogen-bond acceptors (Lipinski definition) is 6. The van der Waals surface area contributed by atoms with Gasteiger partial charge in [0.1, 0.15) is 17.4 Å². The first-order valence-corrected chi connectivity index (χ1v) is 9.63. The van der Waals surface area contributed by atoms with Crippen molar-refractivity contribution in [2.45, 2.75) is 6.54 Å². The van der Waals surface area contributed by atoms with Crippen LogP contribution in [0.3, 0.4) is 0 Å². The number of methoxy groups -OCH3 is 1. The SMILES string of the molecule is COC(=O)c1ccc(CN(C(=O)Oc2ccc([N+](=O)[O-])cc2)c2ccc(F)cc2Cl)c(F)c1. The zero-order chi connectivity index (χ0) is 24.1. The van der Waals surface area contributed by atoms with Gasteiger partial charge in [-0.1, -0.05) is 17.7 Å². The summed E-state index contributed by atoms with van der Waals surface area (Å²) in [5.41, 5.74) is -0.204. The molecule has 0 N–H and O–H groups in total. The van der Waals surface area contributed by atoms with Crippen molar-refractivity contribution in [2.75, 3.05) is 12.0 Å². The van der Waals surface area contributed by atoms with Crippen LogP contribution in [0.5, 0.6) is 5.75 Å². The fourth-order valence-corrected chi connectivity index (χ4v) is 3.10. The molecule has 0 aliphatic rings. The molecule has 0 aliphatic carbocycles. The number of hydrogen-bond donors (Lipinski definition) is 0. The van der Waals surface area contributed by atoms with E-state index in [9.17, 15) is 28.5 Å². The average molecular weight is 477 g/mol. The highest BCUT2D eigenvalue weighted by atomic mass is 35.5. The number of halogens is 3. The van der Waals surface area contributed by atoms with Gasteiger partial charge in [-0.25, -0.2) is 18.4 Å². The van der Waals surface area contributed by atoms with Crippen LogP contribution < -0.4 is 9.64 Å². The Hall–Kier alpha value is -4.05. The standard InChI is InChI=1S/C22H15ClF2N2O6/c1-32-21(28)13-2-3-14(19(25)10-13)12-26(20-9-4-15(24)11-18(20)23)22(29)33-17-7-5-16(6-8-17)27(30)31/h2-11H,12H2,1H3. The van der Waals surface area contributed by atoms with E-state index in [-0.39, 0.29) is 39.8 Å². The Labute approximate surface area is 191 Å². The first-order chi connectivity index (χ1) is 15.7. The number of benzene rings is 3. The van der Waals surface area contributed by atoms with Gasteiger partial charge in [-0.05, 0) is 42.5 Å². The number of anilines is 1. The second-order valence-electron chi connectivity index (χ2n) is 6.60. The Morgan fingerprint density at radius 3 is 2.33 bits per heavy atom. The predicted octanol–water partition coefficient (Wildman–Crippen LogP) is 5.52. The lowest BCUT2D eigenvalue weighted by Crippen LogP contribution is -2.33. The number of nitrogens with zero attached hydrogens (tertiary/aromatic N) is 2. The molecule has 0 bridgehead atoms. The van der Waals surface area contributed by atoms with E-state index in [1.807, 2.05) is 0 Å². The summed E-state index contributed by atoms with van der Waals surface area (Å²) in [5.74, 6) is -2.21. The quantitative estimate of drug-likeness (QED) is 0.264. The van der Waals surface area contributed by atoms with Gasteiger partial charge >= 0.3 is 12.1 Å². The first-order valence-electron chi connectivity index (χ1n) is 9.25. The summed E-state index contributed by atoms with van der Waals surface area (Å²) in [6, 6.07) is 11.5. The number of carbonyl (C=O) groups is 2. The maximum Gasteiger partial charge on any atom is 0.420 e. The fourth-order valence-electron chi connectivity index (χ4n) is 2.83. The summed E-state index contributed by atoms with van der Waals surface area (Å²) >= 11 is 6.10. The van der Waals surface area contributed by atoms with Crippen LogP contribution in [0.15, 0.2) is 60.7 Å². The lowest BCUT2D eigenvalue weighted by atomic mass is 10.1. The number of non-ortho nitro benzene ring substituents is 1. The third-order valence-corrected chi connectivity index (χ3v) is 4.78. The third-order valence-electron chi connectivity index (χ3n) is 4.48. The minimum absolute atomic E-state index is 0.00342. The minimum Gasteiger partial charge on any atom is -0.465 e. The van der Waals surface area contributed by atoms with Crippen LogP contribution >= 0.6 is 11.6 Å². The molecule has 3 aromatic carbocycles. The van der Waals surface area contributed by atoms with Crippen molar-refractivity contribution in [3.05, 3.63) is 98.6 Å². The number of carbonyl (C=O) groups excluding carboxylic acids is 2. The topological polar surface area (TPSA) is 99.0 Å². The Kier molecular flexibility index (Phi) is 7.19. The first kappa shape index (κ1) is 23.6. The van der Waals surface area contributed by atoms with Gasteiger partial charge in [0.25, 0.3) is 5.69 Å². The summed E-state index contributed by atoms with van der Waals surface area (Å²) in [6.45, 7) is -0.384. The van der Waals surface area contributed by atoms with E-state index >= 15 is 0 Å². The Balaban J connectivity index is 1.93. The fraction of sp³-hybridized carbons (Fsp3) is 0.0909. The number of nitro groups is 1. The number of ether oxygens (including phenoxy) is 2. The van der Waals surface area contributed by atoms with E-state index in [1.165, 1.54) is 30.3 Å². The van der Waals surface area contributed by atoms with Gasteiger partial charge in [0, 0.05) is 17.7 Å². The molecule has 0 atom stereocenters. The van der Waals surface area contributed by atoms with Crippen LogP contribution in [-0.4, -0.2) is 24.1 Å². The number of esters is 1. The normalized spacial score (nSPS) is 10.4. The third kappa shape index (κ3) is 5.60. The maximum atomic E-state index is 14.7. The molecule has 33 heavy (non-hydrogen) atoms. The Morgan fingerprint density at radius 2 is 1.76 bits per heavy atom. The summed E-state index contributed by atoms with van der Waals surface area (Å²) in [7, 11) is 1.15. The molecular formula is C22H15ClF2N2O6. The van der Waals surface area contributed by atoms with Crippen molar-refractivity contribution < 1.29 is 32.8 Å². The van der Waals surface area contributed by atoms with Gasteiger partial charge in [0.05, 0.1) is 34.9 Å². The molecule has 0 aromatic heterocycles. The molecule has 8 nitrogen and oxygen atoms in total. The molecule has 0 radical (unpaired) electrons. The number of nitro benzene ring substituents is 1. The van der Waals surface area contributed by atoms with Gasteiger partial charge in [-0.3, -0.25) is 15.0 Å². The van der Waals surface area contributed by atoms with Crippen molar-refractivity contribution in [3.63, 3.8) is 0 Å². The number of amides is 1. The van der Waals surface area contributed by atoms with Crippen molar-refractivity contribution in [1.29, 1.82) is 0 Å².